The maximum atomic E-state index is 12.5. The van der Waals surface area contributed by atoms with Crippen LogP contribution in [0.2, 0.25) is 0 Å². The molecule has 2 rings (SSSR count). The third-order valence-corrected chi connectivity index (χ3v) is 3.00. The van der Waals surface area contributed by atoms with E-state index in [0.29, 0.717) is 17.0 Å². The largest absolute Gasteiger partial charge is 0.416 e. The minimum absolute atomic E-state index is 0.240. The summed E-state index contributed by atoms with van der Waals surface area (Å²) in [5.41, 5.74) is 6.26. The van der Waals surface area contributed by atoms with Crippen LogP contribution in [0.1, 0.15) is 37.1 Å². The smallest absolute Gasteiger partial charge is 0.359 e. The Kier molecular flexibility index (Phi) is 4.13. The monoisotopic (exact) mass is 284 g/mol. The average molecular weight is 284 g/mol. The van der Waals surface area contributed by atoms with Crippen molar-refractivity contribution in [3.8, 4) is 11.3 Å². The number of hydrogen-bond donors (Lipinski definition) is 1. The van der Waals surface area contributed by atoms with Gasteiger partial charge in [0.25, 0.3) is 0 Å². The molecule has 2 aromatic rings. The topological polar surface area (TPSA) is 52.0 Å². The predicted octanol–water partition coefficient (Wildman–Crippen LogP) is 4.16. The second-order valence-corrected chi connectivity index (χ2v) is 4.58. The van der Waals surface area contributed by atoms with E-state index in [1.165, 1.54) is 12.1 Å². The zero-order chi connectivity index (χ0) is 14.8. The van der Waals surface area contributed by atoms with Crippen LogP contribution in [0.4, 0.5) is 13.2 Å². The molecular formula is C14H15F3N2O. The molecule has 0 spiro atoms. The zero-order valence-electron chi connectivity index (χ0n) is 10.9. The van der Waals surface area contributed by atoms with Gasteiger partial charge in [-0.1, -0.05) is 30.6 Å². The van der Waals surface area contributed by atoms with Crippen LogP contribution in [-0.4, -0.2) is 5.16 Å². The summed E-state index contributed by atoms with van der Waals surface area (Å²) in [5.74, 6) is 0.543. The van der Waals surface area contributed by atoms with Gasteiger partial charge >= 0.3 is 6.18 Å². The molecule has 3 nitrogen and oxygen atoms in total. The third kappa shape index (κ3) is 3.19. The van der Waals surface area contributed by atoms with Gasteiger partial charge in [-0.25, -0.2) is 0 Å². The number of benzene rings is 1. The van der Waals surface area contributed by atoms with E-state index in [4.69, 9.17) is 10.3 Å². The molecule has 0 aliphatic carbocycles. The number of nitrogens with two attached hydrogens (primary N) is 1. The number of halogens is 3. The molecule has 1 unspecified atom stereocenters. The van der Waals surface area contributed by atoms with Crippen molar-refractivity contribution in [2.24, 2.45) is 5.73 Å². The molecular weight excluding hydrogens is 269 g/mol. The number of alkyl halides is 3. The summed E-state index contributed by atoms with van der Waals surface area (Å²) in [5, 5.41) is 3.85. The van der Waals surface area contributed by atoms with Crippen LogP contribution in [0, 0.1) is 0 Å². The van der Waals surface area contributed by atoms with Gasteiger partial charge in [-0.3, -0.25) is 0 Å². The fourth-order valence-corrected chi connectivity index (χ4v) is 1.88. The van der Waals surface area contributed by atoms with Crippen molar-refractivity contribution in [1.82, 2.24) is 5.16 Å². The summed E-state index contributed by atoms with van der Waals surface area (Å²) >= 11 is 0. The highest BCUT2D eigenvalue weighted by atomic mass is 19.4. The highest BCUT2D eigenvalue weighted by Crippen LogP contribution is 2.31. The van der Waals surface area contributed by atoms with E-state index < -0.39 is 11.7 Å². The minimum Gasteiger partial charge on any atom is -0.359 e. The average Bonchev–Trinajstić information content (AvgIpc) is 2.88. The highest BCUT2D eigenvalue weighted by molar-refractivity contribution is 5.59. The van der Waals surface area contributed by atoms with Crippen LogP contribution < -0.4 is 5.73 Å². The first kappa shape index (κ1) is 14.6. The van der Waals surface area contributed by atoms with E-state index >= 15 is 0 Å². The lowest BCUT2D eigenvalue weighted by molar-refractivity contribution is -0.137. The molecule has 6 heteroatoms. The number of rotatable bonds is 4. The van der Waals surface area contributed by atoms with Gasteiger partial charge < -0.3 is 10.3 Å². The van der Waals surface area contributed by atoms with Crippen LogP contribution in [-0.2, 0) is 6.18 Å². The first-order valence-electron chi connectivity index (χ1n) is 6.31. The summed E-state index contributed by atoms with van der Waals surface area (Å²) in [7, 11) is 0. The Morgan fingerprint density at radius 1 is 1.25 bits per heavy atom. The van der Waals surface area contributed by atoms with Crippen molar-refractivity contribution in [2.45, 2.75) is 32.0 Å². The molecule has 0 radical (unpaired) electrons. The quantitative estimate of drug-likeness (QED) is 0.917. The van der Waals surface area contributed by atoms with Crippen molar-refractivity contribution in [2.75, 3.05) is 0 Å². The molecule has 1 heterocycles. The Labute approximate surface area is 114 Å². The molecule has 0 aliphatic rings. The van der Waals surface area contributed by atoms with E-state index in [0.717, 1.165) is 25.0 Å². The lowest BCUT2D eigenvalue weighted by Gasteiger charge is -2.06. The van der Waals surface area contributed by atoms with Crippen molar-refractivity contribution in [3.05, 3.63) is 41.7 Å². The van der Waals surface area contributed by atoms with Gasteiger partial charge in [0.05, 0.1) is 11.6 Å². The van der Waals surface area contributed by atoms with Crippen LogP contribution in [0.15, 0.2) is 34.9 Å². The van der Waals surface area contributed by atoms with E-state index in [2.05, 4.69) is 5.16 Å². The molecule has 2 N–H and O–H groups in total. The second-order valence-electron chi connectivity index (χ2n) is 4.58. The molecule has 0 bridgehead atoms. The third-order valence-electron chi connectivity index (χ3n) is 3.00. The van der Waals surface area contributed by atoms with Gasteiger partial charge in [0, 0.05) is 11.6 Å². The first-order chi connectivity index (χ1) is 9.41. The Morgan fingerprint density at radius 2 is 1.90 bits per heavy atom. The molecule has 0 aliphatic heterocycles. The van der Waals surface area contributed by atoms with Gasteiger partial charge in [0.15, 0.2) is 5.76 Å². The van der Waals surface area contributed by atoms with Gasteiger partial charge in [0.1, 0.15) is 5.69 Å². The summed E-state index contributed by atoms with van der Waals surface area (Å²) in [6.07, 6.45) is -2.66. The molecule has 0 saturated heterocycles. The van der Waals surface area contributed by atoms with Crippen molar-refractivity contribution < 1.29 is 17.7 Å². The number of hydrogen-bond acceptors (Lipinski definition) is 3. The van der Waals surface area contributed by atoms with Crippen molar-refractivity contribution in [3.63, 3.8) is 0 Å². The van der Waals surface area contributed by atoms with E-state index in [1.54, 1.807) is 6.07 Å². The highest BCUT2D eigenvalue weighted by Gasteiger charge is 2.30. The molecule has 0 amide bonds. The minimum atomic E-state index is -4.34. The SMILES string of the molecule is CCCC(N)c1cc(-c2ccc(C(F)(F)F)cc2)no1. The maximum Gasteiger partial charge on any atom is 0.416 e. The van der Waals surface area contributed by atoms with Gasteiger partial charge in [-0.2, -0.15) is 13.2 Å². The van der Waals surface area contributed by atoms with Gasteiger partial charge in [0.2, 0.25) is 0 Å². The van der Waals surface area contributed by atoms with Crippen LogP contribution >= 0.6 is 0 Å². The Balaban J connectivity index is 2.20. The molecule has 108 valence electrons. The predicted molar refractivity (Wildman–Crippen MR) is 68.8 cm³/mol. The molecule has 1 aromatic carbocycles. The number of nitrogens with zero attached hydrogens (tertiary/aromatic N) is 1. The summed E-state index contributed by atoms with van der Waals surface area (Å²) in [4.78, 5) is 0. The fourth-order valence-electron chi connectivity index (χ4n) is 1.88. The van der Waals surface area contributed by atoms with E-state index in [-0.39, 0.29) is 6.04 Å². The normalized spacial score (nSPS) is 13.4. The van der Waals surface area contributed by atoms with Gasteiger partial charge in [-0.05, 0) is 18.6 Å². The second kappa shape index (κ2) is 5.66. The Bertz CT molecular complexity index is 561. The van der Waals surface area contributed by atoms with Crippen LogP contribution in [0.25, 0.3) is 11.3 Å². The molecule has 20 heavy (non-hydrogen) atoms. The summed E-state index contributed by atoms with van der Waals surface area (Å²) in [6.45, 7) is 2.01. The molecule has 0 saturated carbocycles. The van der Waals surface area contributed by atoms with Crippen molar-refractivity contribution >= 4 is 0 Å². The van der Waals surface area contributed by atoms with Gasteiger partial charge in [-0.15, -0.1) is 0 Å². The summed E-state index contributed by atoms with van der Waals surface area (Å²) < 4.78 is 42.5. The van der Waals surface area contributed by atoms with Crippen LogP contribution in [0.5, 0.6) is 0 Å². The molecule has 1 aromatic heterocycles. The van der Waals surface area contributed by atoms with Crippen molar-refractivity contribution in [1.29, 1.82) is 0 Å². The lowest BCUT2D eigenvalue weighted by atomic mass is 10.1. The summed E-state index contributed by atoms with van der Waals surface area (Å²) in [6, 6.07) is 6.22. The Morgan fingerprint density at radius 3 is 2.45 bits per heavy atom. The maximum absolute atomic E-state index is 12.5. The number of aromatic nitrogens is 1. The van der Waals surface area contributed by atoms with E-state index in [9.17, 15) is 13.2 Å². The fraction of sp³-hybridized carbons (Fsp3) is 0.357. The zero-order valence-corrected chi connectivity index (χ0v) is 10.9. The Hall–Kier alpha value is -1.82. The van der Waals surface area contributed by atoms with Crippen LogP contribution in [0.3, 0.4) is 0 Å². The standard InChI is InChI=1S/C14H15F3N2O/c1-2-3-11(18)13-8-12(19-20-13)9-4-6-10(7-5-9)14(15,16)17/h4-8,11H,2-3,18H2,1H3. The van der Waals surface area contributed by atoms with E-state index in [1.807, 2.05) is 6.92 Å². The lowest BCUT2D eigenvalue weighted by Crippen LogP contribution is -2.08. The first-order valence-corrected chi connectivity index (χ1v) is 6.31. The molecule has 0 fully saturated rings. The molecule has 1 atom stereocenters.